The number of nitrogens with zero attached hydrogens (tertiary/aromatic N) is 3. The summed E-state index contributed by atoms with van der Waals surface area (Å²) in [6.45, 7) is 1.34. The number of hydrogen-bond donors (Lipinski definition) is 0. The minimum atomic E-state index is -0.509. The molecule has 0 radical (unpaired) electrons. The number of anilines is 2. The van der Waals surface area contributed by atoms with Gasteiger partial charge in [0.05, 0.1) is 35.9 Å². The van der Waals surface area contributed by atoms with Crippen LogP contribution < -0.4 is 14.5 Å². The Hall–Kier alpha value is -3.04. The summed E-state index contributed by atoms with van der Waals surface area (Å²) in [6, 6.07) is 11.4. The molecule has 3 aromatic rings. The number of carbonyl (C=O) groups excluding carboxylic acids is 2. The highest BCUT2D eigenvalue weighted by Crippen LogP contribution is 2.34. The first-order valence-corrected chi connectivity index (χ1v) is 11.8. The van der Waals surface area contributed by atoms with Gasteiger partial charge in [-0.15, -0.1) is 0 Å². The van der Waals surface area contributed by atoms with Crippen molar-refractivity contribution < 1.29 is 23.5 Å². The molecule has 5 rings (SSSR count). The van der Waals surface area contributed by atoms with E-state index in [0.29, 0.717) is 29.7 Å². The van der Waals surface area contributed by atoms with E-state index in [1.165, 1.54) is 23.5 Å². The Labute approximate surface area is 194 Å². The van der Waals surface area contributed by atoms with Crippen LogP contribution in [0.1, 0.15) is 19.3 Å². The lowest BCUT2D eigenvalue weighted by atomic mass is 10.1. The minimum Gasteiger partial charge on any atom is -0.497 e. The van der Waals surface area contributed by atoms with Crippen molar-refractivity contribution in [2.24, 2.45) is 5.92 Å². The molecule has 0 bridgehead atoms. The fraction of sp³-hybridized carbons (Fsp3) is 0.375. The third-order valence-corrected chi connectivity index (χ3v) is 7.16. The molecule has 0 N–H and O–H groups in total. The lowest BCUT2D eigenvalue weighted by Crippen LogP contribution is -2.42. The summed E-state index contributed by atoms with van der Waals surface area (Å²) in [5, 5.41) is 0.589. The van der Waals surface area contributed by atoms with Crippen molar-refractivity contribution >= 4 is 44.2 Å². The number of aromatic nitrogens is 1. The second kappa shape index (κ2) is 9.07. The highest BCUT2D eigenvalue weighted by molar-refractivity contribution is 7.22. The molecule has 2 saturated heterocycles. The first-order valence-electron chi connectivity index (χ1n) is 11.0. The molecule has 0 aliphatic carbocycles. The Morgan fingerprint density at radius 3 is 2.85 bits per heavy atom. The summed E-state index contributed by atoms with van der Waals surface area (Å²) in [7, 11) is 1.60. The Balaban J connectivity index is 1.42. The zero-order chi connectivity index (χ0) is 22.9. The van der Waals surface area contributed by atoms with Crippen molar-refractivity contribution in [1.29, 1.82) is 0 Å². The van der Waals surface area contributed by atoms with Gasteiger partial charge in [-0.05, 0) is 49.2 Å². The topological polar surface area (TPSA) is 72.0 Å². The maximum atomic E-state index is 13.7. The van der Waals surface area contributed by atoms with Gasteiger partial charge in [0.2, 0.25) is 11.8 Å². The molecule has 3 heterocycles. The minimum absolute atomic E-state index is 0.0548. The second-order valence-corrected chi connectivity index (χ2v) is 9.30. The molecule has 0 saturated carbocycles. The van der Waals surface area contributed by atoms with E-state index >= 15 is 0 Å². The van der Waals surface area contributed by atoms with Gasteiger partial charge in [0.1, 0.15) is 11.6 Å². The fourth-order valence-electron chi connectivity index (χ4n) is 4.36. The number of ether oxygens (including phenoxy) is 2. The van der Waals surface area contributed by atoms with Gasteiger partial charge in [-0.1, -0.05) is 11.3 Å². The van der Waals surface area contributed by atoms with E-state index in [2.05, 4.69) is 0 Å². The average molecular weight is 470 g/mol. The molecule has 1 aromatic heterocycles. The molecule has 2 amide bonds. The highest BCUT2D eigenvalue weighted by atomic mass is 32.1. The SMILES string of the molecule is COc1ccc2sc(N(CC3CCCO3)C(=O)C3CC(=O)N(c4ccc(F)cc4)C3)nc2c1. The van der Waals surface area contributed by atoms with Gasteiger partial charge in [0, 0.05) is 31.3 Å². The van der Waals surface area contributed by atoms with Crippen LogP contribution in [0.15, 0.2) is 42.5 Å². The van der Waals surface area contributed by atoms with Gasteiger partial charge in [-0.2, -0.15) is 0 Å². The van der Waals surface area contributed by atoms with E-state index in [9.17, 15) is 14.0 Å². The van der Waals surface area contributed by atoms with Crippen molar-refractivity contribution in [1.82, 2.24) is 4.98 Å². The molecule has 7 nitrogen and oxygen atoms in total. The largest absolute Gasteiger partial charge is 0.497 e. The normalized spacial score (nSPS) is 20.5. The van der Waals surface area contributed by atoms with E-state index in [-0.39, 0.29) is 36.7 Å². The summed E-state index contributed by atoms with van der Waals surface area (Å²) in [5.41, 5.74) is 1.35. The van der Waals surface area contributed by atoms with Crippen LogP contribution in [-0.4, -0.2) is 49.7 Å². The average Bonchev–Trinajstić information content (AvgIpc) is 3.56. The van der Waals surface area contributed by atoms with Crippen molar-refractivity contribution in [3.8, 4) is 5.75 Å². The lowest BCUT2D eigenvalue weighted by molar-refractivity contribution is -0.124. The molecular weight excluding hydrogens is 445 g/mol. The number of carbonyl (C=O) groups is 2. The van der Waals surface area contributed by atoms with Gasteiger partial charge in [0.15, 0.2) is 5.13 Å². The van der Waals surface area contributed by atoms with Crippen LogP contribution >= 0.6 is 11.3 Å². The van der Waals surface area contributed by atoms with Crippen molar-refractivity contribution in [2.75, 3.05) is 36.6 Å². The number of hydrogen-bond acceptors (Lipinski definition) is 6. The van der Waals surface area contributed by atoms with Crippen molar-refractivity contribution in [3.05, 3.63) is 48.3 Å². The van der Waals surface area contributed by atoms with Gasteiger partial charge in [-0.3, -0.25) is 14.5 Å². The number of halogens is 1. The van der Waals surface area contributed by atoms with Gasteiger partial charge in [0.25, 0.3) is 0 Å². The van der Waals surface area contributed by atoms with E-state index in [4.69, 9.17) is 14.5 Å². The predicted molar refractivity (Wildman–Crippen MR) is 124 cm³/mol. The molecule has 2 atom stereocenters. The quantitative estimate of drug-likeness (QED) is 0.546. The molecule has 2 aliphatic rings. The van der Waals surface area contributed by atoms with E-state index in [0.717, 1.165) is 23.1 Å². The predicted octanol–water partition coefficient (Wildman–Crippen LogP) is 4.01. The monoisotopic (exact) mass is 469 g/mol. The van der Waals surface area contributed by atoms with E-state index in [1.807, 2.05) is 18.2 Å². The van der Waals surface area contributed by atoms with Crippen molar-refractivity contribution in [3.63, 3.8) is 0 Å². The Morgan fingerprint density at radius 1 is 1.30 bits per heavy atom. The molecule has 0 spiro atoms. The molecule has 172 valence electrons. The first kappa shape index (κ1) is 21.8. The Morgan fingerprint density at radius 2 is 2.12 bits per heavy atom. The number of methoxy groups -OCH3 is 1. The van der Waals surface area contributed by atoms with Crippen LogP contribution in [0.4, 0.5) is 15.2 Å². The second-order valence-electron chi connectivity index (χ2n) is 8.30. The van der Waals surface area contributed by atoms with E-state index < -0.39 is 5.92 Å². The third kappa shape index (κ3) is 4.43. The zero-order valence-corrected chi connectivity index (χ0v) is 19.0. The van der Waals surface area contributed by atoms with Crippen molar-refractivity contribution in [2.45, 2.75) is 25.4 Å². The molecule has 2 unspecified atom stereocenters. The van der Waals surface area contributed by atoms with Crippen LogP contribution in [0, 0.1) is 11.7 Å². The third-order valence-electron chi connectivity index (χ3n) is 6.10. The van der Waals surface area contributed by atoms with Gasteiger partial charge >= 0.3 is 0 Å². The van der Waals surface area contributed by atoms with Gasteiger partial charge in [-0.25, -0.2) is 9.37 Å². The van der Waals surface area contributed by atoms with Gasteiger partial charge < -0.3 is 14.4 Å². The summed E-state index contributed by atoms with van der Waals surface area (Å²) in [5.74, 6) is -0.466. The van der Waals surface area contributed by atoms with E-state index in [1.54, 1.807) is 29.0 Å². The number of thiazole rings is 1. The standard InChI is InChI=1S/C24H24FN3O4S/c1-31-18-8-9-21-20(12-18)26-24(33-21)28(14-19-3-2-10-32-19)23(30)15-11-22(29)27(13-15)17-6-4-16(25)5-7-17/h4-9,12,15,19H,2-3,10-11,13-14H2,1H3. The zero-order valence-electron chi connectivity index (χ0n) is 18.2. The number of rotatable bonds is 6. The molecule has 33 heavy (non-hydrogen) atoms. The van der Waals surface area contributed by atoms with Crippen LogP contribution in [-0.2, 0) is 14.3 Å². The summed E-state index contributed by atoms with van der Waals surface area (Å²) < 4.78 is 25.4. The molecule has 2 aromatic carbocycles. The van der Waals surface area contributed by atoms with Crippen LogP contribution in [0.5, 0.6) is 5.75 Å². The smallest absolute Gasteiger partial charge is 0.234 e. The number of benzene rings is 2. The highest BCUT2D eigenvalue weighted by Gasteiger charge is 2.39. The summed E-state index contributed by atoms with van der Waals surface area (Å²) in [4.78, 5) is 34.3. The molecule has 9 heteroatoms. The Kier molecular flexibility index (Phi) is 5.99. The van der Waals surface area contributed by atoms with Crippen LogP contribution in [0.3, 0.4) is 0 Å². The molecule has 2 fully saturated rings. The summed E-state index contributed by atoms with van der Waals surface area (Å²) >= 11 is 1.44. The Bertz CT molecular complexity index is 1180. The maximum absolute atomic E-state index is 13.7. The molecule has 2 aliphatic heterocycles. The number of amides is 2. The van der Waals surface area contributed by atoms with Crippen LogP contribution in [0.2, 0.25) is 0 Å². The fourth-order valence-corrected chi connectivity index (χ4v) is 5.32. The van der Waals surface area contributed by atoms with Crippen LogP contribution in [0.25, 0.3) is 10.2 Å². The lowest BCUT2D eigenvalue weighted by Gasteiger charge is -2.25. The number of fused-ring (bicyclic) bond motifs is 1. The molecular formula is C24H24FN3O4S. The first-order chi connectivity index (χ1) is 16.0. The summed E-state index contributed by atoms with van der Waals surface area (Å²) in [6.07, 6.45) is 1.90. The maximum Gasteiger partial charge on any atom is 0.234 e.